The van der Waals surface area contributed by atoms with E-state index in [4.69, 9.17) is 4.74 Å². The number of nitrogens with zero attached hydrogens (tertiary/aromatic N) is 1. The zero-order chi connectivity index (χ0) is 9.14. The number of hydrogen-bond donors (Lipinski definition) is 0. The Labute approximate surface area is 81.1 Å². The first-order valence-corrected chi connectivity index (χ1v) is 4.64. The molecule has 1 heterocycles. The van der Waals surface area contributed by atoms with Crippen LogP contribution in [0.5, 0.6) is 5.75 Å². The maximum Gasteiger partial charge on any atom is 0.137 e. The Kier molecular flexibility index (Phi) is 3.09. The van der Waals surface area contributed by atoms with E-state index in [-0.39, 0.29) is 0 Å². The number of halogens is 1. The molecule has 0 saturated carbocycles. The average Bonchev–Trinajstić information content (AvgIpc) is 2.05. The van der Waals surface area contributed by atoms with Gasteiger partial charge in [-0.15, -0.1) is 0 Å². The van der Waals surface area contributed by atoms with Gasteiger partial charge in [-0.1, -0.05) is 13.8 Å². The minimum Gasteiger partial charge on any atom is -0.495 e. The fourth-order valence-corrected chi connectivity index (χ4v) is 1.64. The Morgan fingerprint density at radius 3 is 2.67 bits per heavy atom. The smallest absolute Gasteiger partial charge is 0.137 e. The fraction of sp³-hybridized carbons (Fsp3) is 0.444. The highest BCUT2D eigenvalue weighted by atomic mass is 79.9. The Bertz CT molecular complexity index is 273. The maximum atomic E-state index is 5.08. The van der Waals surface area contributed by atoms with E-state index in [1.54, 1.807) is 13.3 Å². The molecular formula is C9H12BrNO. The molecule has 0 aliphatic rings. The third-order valence-corrected chi connectivity index (χ3v) is 2.36. The molecule has 0 fully saturated rings. The summed E-state index contributed by atoms with van der Waals surface area (Å²) >= 11 is 3.39. The normalized spacial score (nSPS) is 10.4. The van der Waals surface area contributed by atoms with E-state index in [1.807, 2.05) is 6.07 Å². The van der Waals surface area contributed by atoms with Crippen molar-refractivity contribution >= 4 is 15.9 Å². The van der Waals surface area contributed by atoms with Gasteiger partial charge >= 0.3 is 0 Å². The number of aromatic nitrogens is 1. The van der Waals surface area contributed by atoms with Crippen molar-refractivity contribution in [3.63, 3.8) is 0 Å². The molecule has 0 aliphatic carbocycles. The van der Waals surface area contributed by atoms with Crippen LogP contribution in [0.4, 0.5) is 0 Å². The molecule has 0 unspecified atom stereocenters. The van der Waals surface area contributed by atoms with Gasteiger partial charge in [0.25, 0.3) is 0 Å². The van der Waals surface area contributed by atoms with Crippen LogP contribution in [0, 0.1) is 0 Å². The molecule has 1 aromatic rings. The molecule has 0 bridgehead atoms. The average molecular weight is 230 g/mol. The molecule has 1 aromatic heterocycles. The van der Waals surface area contributed by atoms with Crippen LogP contribution in [0.3, 0.4) is 0 Å². The van der Waals surface area contributed by atoms with Crippen molar-refractivity contribution < 1.29 is 4.74 Å². The summed E-state index contributed by atoms with van der Waals surface area (Å²) in [6, 6.07) is 2.00. The van der Waals surface area contributed by atoms with Crippen molar-refractivity contribution in [3.05, 3.63) is 22.4 Å². The molecular weight excluding hydrogens is 218 g/mol. The molecule has 0 spiro atoms. The second-order valence-corrected chi connectivity index (χ2v) is 3.66. The monoisotopic (exact) mass is 229 g/mol. The van der Waals surface area contributed by atoms with Gasteiger partial charge in [-0.25, -0.2) is 4.98 Å². The molecule has 0 amide bonds. The predicted molar refractivity (Wildman–Crippen MR) is 52.6 cm³/mol. The molecule has 0 atom stereocenters. The van der Waals surface area contributed by atoms with Crippen LogP contribution in [0.1, 0.15) is 25.3 Å². The summed E-state index contributed by atoms with van der Waals surface area (Å²) in [5, 5.41) is 0. The van der Waals surface area contributed by atoms with Gasteiger partial charge in [-0.3, -0.25) is 0 Å². The summed E-state index contributed by atoms with van der Waals surface area (Å²) < 4.78 is 5.98. The van der Waals surface area contributed by atoms with E-state index >= 15 is 0 Å². The van der Waals surface area contributed by atoms with Gasteiger partial charge < -0.3 is 4.74 Å². The van der Waals surface area contributed by atoms with E-state index in [0.29, 0.717) is 5.92 Å². The van der Waals surface area contributed by atoms with Crippen molar-refractivity contribution in [1.29, 1.82) is 0 Å². The van der Waals surface area contributed by atoms with Gasteiger partial charge in [0.15, 0.2) is 0 Å². The molecule has 3 heteroatoms. The van der Waals surface area contributed by atoms with E-state index < -0.39 is 0 Å². The second-order valence-electron chi connectivity index (χ2n) is 2.91. The van der Waals surface area contributed by atoms with Gasteiger partial charge in [0, 0.05) is 0 Å². The van der Waals surface area contributed by atoms with E-state index in [1.165, 1.54) is 5.56 Å². The van der Waals surface area contributed by atoms with Crippen LogP contribution in [-0.2, 0) is 0 Å². The Morgan fingerprint density at radius 1 is 1.50 bits per heavy atom. The summed E-state index contributed by atoms with van der Waals surface area (Å²) in [5.74, 6) is 1.27. The molecule has 2 nitrogen and oxygen atoms in total. The first-order chi connectivity index (χ1) is 5.65. The molecule has 0 N–H and O–H groups in total. The van der Waals surface area contributed by atoms with Crippen LogP contribution < -0.4 is 4.74 Å². The first kappa shape index (κ1) is 9.52. The predicted octanol–water partition coefficient (Wildman–Crippen LogP) is 2.98. The first-order valence-electron chi connectivity index (χ1n) is 3.84. The molecule has 0 radical (unpaired) electrons. The van der Waals surface area contributed by atoms with Crippen molar-refractivity contribution in [2.45, 2.75) is 19.8 Å². The molecule has 0 aliphatic heterocycles. The van der Waals surface area contributed by atoms with Crippen molar-refractivity contribution in [3.8, 4) is 5.75 Å². The number of hydrogen-bond acceptors (Lipinski definition) is 2. The number of methoxy groups -OCH3 is 1. The van der Waals surface area contributed by atoms with Crippen molar-refractivity contribution in [2.24, 2.45) is 0 Å². The lowest BCUT2D eigenvalue weighted by Crippen LogP contribution is -1.93. The van der Waals surface area contributed by atoms with Crippen LogP contribution in [0.15, 0.2) is 16.9 Å². The highest BCUT2D eigenvalue weighted by molar-refractivity contribution is 9.10. The lowest BCUT2D eigenvalue weighted by atomic mass is 10.1. The van der Waals surface area contributed by atoms with Crippen molar-refractivity contribution in [2.75, 3.05) is 7.11 Å². The molecule has 1 rings (SSSR count). The quantitative estimate of drug-likeness (QED) is 0.728. The maximum absolute atomic E-state index is 5.08. The summed E-state index contributed by atoms with van der Waals surface area (Å²) in [5.41, 5.74) is 1.18. The largest absolute Gasteiger partial charge is 0.495 e. The summed E-state index contributed by atoms with van der Waals surface area (Å²) in [6.45, 7) is 4.25. The van der Waals surface area contributed by atoms with E-state index in [0.717, 1.165) is 10.4 Å². The van der Waals surface area contributed by atoms with E-state index in [2.05, 4.69) is 34.8 Å². The van der Waals surface area contributed by atoms with Crippen LogP contribution >= 0.6 is 15.9 Å². The van der Waals surface area contributed by atoms with Gasteiger partial charge in [0.05, 0.1) is 13.3 Å². The number of ether oxygens (including phenoxy) is 1. The lowest BCUT2D eigenvalue weighted by Gasteiger charge is -2.08. The van der Waals surface area contributed by atoms with Gasteiger partial charge in [0.1, 0.15) is 10.4 Å². The summed E-state index contributed by atoms with van der Waals surface area (Å²) in [6.07, 6.45) is 1.70. The van der Waals surface area contributed by atoms with Gasteiger partial charge in [-0.2, -0.15) is 0 Å². The molecule has 12 heavy (non-hydrogen) atoms. The third-order valence-electron chi connectivity index (χ3n) is 1.70. The minimum absolute atomic E-state index is 0.460. The van der Waals surface area contributed by atoms with Gasteiger partial charge in [0.2, 0.25) is 0 Å². The summed E-state index contributed by atoms with van der Waals surface area (Å²) in [7, 11) is 1.65. The fourth-order valence-electron chi connectivity index (χ4n) is 0.961. The Morgan fingerprint density at radius 2 is 2.17 bits per heavy atom. The minimum atomic E-state index is 0.460. The SMILES string of the molecule is COc1cnc(Br)c(C(C)C)c1. The van der Waals surface area contributed by atoms with Crippen molar-refractivity contribution in [1.82, 2.24) is 4.98 Å². The zero-order valence-electron chi connectivity index (χ0n) is 7.47. The highest BCUT2D eigenvalue weighted by Gasteiger charge is 2.06. The Hall–Kier alpha value is -0.570. The third kappa shape index (κ3) is 1.97. The van der Waals surface area contributed by atoms with Gasteiger partial charge in [-0.05, 0) is 33.5 Å². The second kappa shape index (κ2) is 3.90. The summed E-state index contributed by atoms with van der Waals surface area (Å²) in [4.78, 5) is 4.16. The van der Waals surface area contributed by atoms with Crippen LogP contribution in [0.2, 0.25) is 0 Å². The molecule has 66 valence electrons. The Balaban J connectivity index is 3.08. The molecule has 0 saturated heterocycles. The molecule has 0 aromatic carbocycles. The lowest BCUT2D eigenvalue weighted by molar-refractivity contribution is 0.411. The zero-order valence-corrected chi connectivity index (χ0v) is 9.05. The topological polar surface area (TPSA) is 22.1 Å². The highest BCUT2D eigenvalue weighted by Crippen LogP contribution is 2.25. The van der Waals surface area contributed by atoms with E-state index in [9.17, 15) is 0 Å². The number of rotatable bonds is 2. The standard InChI is InChI=1S/C9H12BrNO/c1-6(2)8-4-7(12-3)5-11-9(8)10/h4-6H,1-3H3. The number of pyridine rings is 1. The van der Waals surface area contributed by atoms with Crippen LogP contribution in [-0.4, -0.2) is 12.1 Å². The van der Waals surface area contributed by atoms with Crippen LogP contribution in [0.25, 0.3) is 0 Å².